The number of nitrogens with zero attached hydrogens (tertiary/aromatic N) is 1. The summed E-state index contributed by atoms with van der Waals surface area (Å²) in [4.78, 5) is 14.5. The molecule has 2 aliphatic rings. The van der Waals surface area contributed by atoms with Crippen LogP contribution in [0.3, 0.4) is 0 Å². The maximum atomic E-state index is 12.4. The lowest BCUT2D eigenvalue weighted by Crippen LogP contribution is -2.49. The zero-order chi connectivity index (χ0) is 11.5. The molecule has 0 radical (unpaired) electrons. The number of piperidine rings is 2. The van der Waals surface area contributed by atoms with Gasteiger partial charge in [0.25, 0.3) is 0 Å². The topological polar surface area (TPSA) is 32.3 Å². The standard InChI is InChI=1S/C13H24N2O/c1-10-6-7-12(9-14-10)13(16)15-8-4-3-5-11(15)2/h10-12,14H,3-9H2,1-2H3. The summed E-state index contributed by atoms with van der Waals surface area (Å²) >= 11 is 0. The third-order valence-electron chi connectivity index (χ3n) is 4.10. The van der Waals surface area contributed by atoms with Crippen molar-refractivity contribution in [2.45, 2.75) is 58.0 Å². The maximum absolute atomic E-state index is 12.4. The SMILES string of the molecule is CC1CCC(C(=O)N2CCCCC2C)CN1. The van der Waals surface area contributed by atoms with E-state index < -0.39 is 0 Å². The molecule has 2 saturated heterocycles. The number of amides is 1. The third-order valence-corrected chi connectivity index (χ3v) is 4.10. The first-order chi connectivity index (χ1) is 7.68. The minimum Gasteiger partial charge on any atom is -0.340 e. The van der Waals surface area contributed by atoms with Gasteiger partial charge in [-0.1, -0.05) is 0 Å². The molecule has 2 heterocycles. The Balaban J connectivity index is 1.90. The van der Waals surface area contributed by atoms with E-state index in [9.17, 15) is 4.79 Å². The molecule has 3 nitrogen and oxygen atoms in total. The Morgan fingerprint density at radius 1 is 1.19 bits per heavy atom. The Labute approximate surface area is 98.6 Å². The average Bonchev–Trinajstić information content (AvgIpc) is 2.30. The predicted octanol–water partition coefficient (Wildman–Crippen LogP) is 1.78. The van der Waals surface area contributed by atoms with Gasteiger partial charge in [0.15, 0.2) is 0 Å². The second-order valence-corrected chi connectivity index (χ2v) is 5.46. The summed E-state index contributed by atoms with van der Waals surface area (Å²) in [5.74, 6) is 0.628. The predicted molar refractivity (Wildman–Crippen MR) is 65.2 cm³/mol. The van der Waals surface area contributed by atoms with Crippen LogP contribution in [0.2, 0.25) is 0 Å². The van der Waals surface area contributed by atoms with Crippen molar-refractivity contribution in [3.05, 3.63) is 0 Å². The zero-order valence-electron chi connectivity index (χ0n) is 10.5. The van der Waals surface area contributed by atoms with Crippen molar-refractivity contribution in [1.82, 2.24) is 10.2 Å². The number of carbonyl (C=O) groups excluding carboxylic acids is 1. The number of hydrogen-bond acceptors (Lipinski definition) is 2. The molecule has 2 aliphatic heterocycles. The first kappa shape index (κ1) is 11.9. The largest absolute Gasteiger partial charge is 0.340 e. The molecule has 3 heteroatoms. The Morgan fingerprint density at radius 2 is 2.00 bits per heavy atom. The van der Waals surface area contributed by atoms with Crippen LogP contribution in [0.1, 0.15) is 46.0 Å². The average molecular weight is 224 g/mol. The molecule has 0 aliphatic carbocycles. The lowest BCUT2D eigenvalue weighted by atomic mass is 9.92. The maximum Gasteiger partial charge on any atom is 0.227 e. The molecule has 0 aromatic heterocycles. The van der Waals surface area contributed by atoms with E-state index in [2.05, 4.69) is 24.1 Å². The van der Waals surface area contributed by atoms with Crippen LogP contribution in [0.15, 0.2) is 0 Å². The summed E-state index contributed by atoms with van der Waals surface area (Å²) in [5.41, 5.74) is 0. The van der Waals surface area contributed by atoms with Gasteiger partial charge in [0, 0.05) is 25.2 Å². The van der Waals surface area contributed by atoms with Gasteiger partial charge in [-0.25, -0.2) is 0 Å². The normalized spacial score (nSPS) is 36.1. The zero-order valence-corrected chi connectivity index (χ0v) is 10.5. The summed E-state index contributed by atoms with van der Waals surface area (Å²) in [7, 11) is 0. The fourth-order valence-corrected chi connectivity index (χ4v) is 2.87. The molecule has 0 aromatic carbocycles. The van der Waals surface area contributed by atoms with Gasteiger partial charge >= 0.3 is 0 Å². The molecule has 92 valence electrons. The molecule has 3 atom stereocenters. The summed E-state index contributed by atoms with van der Waals surface area (Å²) in [6.45, 7) is 6.25. The lowest BCUT2D eigenvalue weighted by molar-refractivity contribution is -0.139. The van der Waals surface area contributed by atoms with Gasteiger partial charge < -0.3 is 10.2 Å². The summed E-state index contributed by atoms with van der Waals surface area (Å²) in [6, 6.07) is 1.04. The molecule has 0 saturated carbocycles. The van der Waals surface area contributed by atoms with E-state index in [1.54, 1.807) is 0 Å². The van der Waals surface area contributed by atoms with Crippen LogP contribution in [-0.4, -0.2) is 36.0 Å². The Bertz CT molecular complexity index is 246. The molecule has 2 fully saturated rings. The van der Waals surface area contributed by atoms with Crippen molar-refractivity contribution in [2.24, 2.45) is 5.92 Å². The Kier molecular flexibility index (Phi) is 3.85. The van der Waals surface area contributed by atoms with E-state index in [0.29, 0.717) is 18.0 Å². The van der Waals surface area contributed by atoms with Crippen LogP contribution in [0.25, 0.3) is 0 Å². The number of hydrogen-bond donors (Lipinski definition) is 1. The molecule has 16 heavy (non-hydrogen) atoms. The molecule has 0 spiro atoms. The fraction of sp³-hybridized carbons (Fsp3) is 0.923. The van der Waals surface area contributed by atoms with Crippen molar-refractivity contribution in [1.29, 1.82) is 0 Å². The Morgan fingerprint density at radius 3 is 2.62 bits per heavy atom. The fourth-order valence-electron chi connectivity index (χ4n) is 2.87. The van der Waals surface area contributed by atoms with E-state index in [1.807, 2.05) is 0 Å². The highest BCUT2D eigenvalue weighted by Crippen LogP contribution is 2.22. The molecule has 1 amide bonds. The molecular weight excluding hydrogens is 200 g/mol. The first-order valence-electron chi connectivity index (χ1n) is 6.72. The van der Waals surface area contributed by atoms with Crippen molar-refractivity contribution in [3.8, 4) is 0 Å². The van der Waals surface area contributed by atoms with Crippen LogP contribution in [0.4, 0.5) is 0 Å². The number of likely N-dealkylation sites (tertiary alicyclic amines) is 1. The number of carbonyl (C=O) groups is 1. The van der Waals surface area contributed by atoms with Crippen molar-refractivity contribution in [3.63, 3.8) is 0 Å². The monoisotopic (exact) mass is 224 g/mol. The minimum absolute atomic E-state index is 0.233. The second-order valence-electron chi connectivity index (χ2n) is 5.46. The van der Waals surface area contributed by atoms with Crippen molar-refractivity contribution < 1.29 is 4.79 Å². The van der Waals surface area contributed by atoms with Gasteiger partial charge in [0.1, 0.15) is 0 Å². The number of nitrogens with one attached hydrogen (secondary N) is 1. The number of rotatable bonds is 1. The van der Waals surface area contributed by atoms with Crippen molar-refractivity contribution in [2.75, 3.05) is 13.1 Å². The minimum atomic E-state index is 0.233. The van der Waals surface area contributed by atoms with E-state index in [-0.39, 0.29) is 5.92 Å². The van der Waals surface area contributed by atoms with Crippen LogP contribution < -0.4 is 5.32 Å². The highest BCUT2D eigenvalue weighted by atomic mass is 16.2. The van der Waals surface area contributed by atoms with E-state index >= 15 is 0 Å². The second kappa shape index (κ2) is 5.17. The van der Waals surface area contributed by atoms with E-state index in [0.717, 1.165) is 25.9 Å². The van der Waals surface area contributed by atoms with Crippen molar-refractivity contribution >= 4 is 5.91 Å². The van der Waals surface area contributed by atoms with Crippen LogP contribution in [-0.2, 0) is 4.79 Å². The van der Waals surface area contributed by atoms with Gasteiger partial charge in [-0.2, -0.15) is 0 Å². The van der Waals surface area contributed by atoms with Gasteiger partial charge in [-0.05, 0) is 46.0 Å². The summed E-state index contributed by atoms with van der Waals surface area (Å²) in [5, 5.41) is 3.42. The molecular formula is C13H24N2O. The van der Waals surface area contributed by atoms with Gasteiger partial charge in [0.2, 0.25) is 5.91 Å². The lowest BCUT2D eigenvalue weighted by Gasteiger charge is -2.37. The van der Waals surface area contributed by atoms with Gasteiger partial charge in [-0.3, -0.25) is 4.79 Å². The van der Waals surface area contributed by atoms with Gasteiger partial charge in [0.05, 0.1) is 5.92 Å². The quantitative estimate of drug-likeness (QED) is 0.736. The highest BCUT2D eigenvalue weighted by molar-refractivity contribution is 5.79. The first-order valence-corrected chi connectivity index (χ1v) is 6.72. The smallest absolute Gasteiger partial charge is 0.227 e. The van der Waals surface area contributed by atoms with Crippen LogP contribution in [0.5, 0.6) is 0 Å². The van der Waals surface area contributed by atoms with Crippen LogP contribution in [0, 0.1) is 5.92 Å². The molecule has 2 rings (SSSR count). The highest BCUT2D eigenvalue weighted by Gasteiger charge is 2.31. The van der Waals surface area contributed by atoms with Crippen LogP contribution >= 0.6 is 0 Å². The summed E-state index contributed by atoms with van der Waals surface area (Å²) in [6.07, 6.45) is 5.86. The molecule has 3 unspecified atom stereocenters. The van der Waals surface area contributed by atoms with E-state index in [4.69, 9.17) is 0 Å². The van der Waals surface area contributed by atoms with Gasteiger partial charge in [-0.15, -0.1) is 0 Å². The summed E-state index contributed by atoms with van der Waals surface area (Å²) < 4.78 is 0. The third kappa shape index (κ3) is 2.57. The molecule has 0 aromatic rings. The Hall–Kier alpha value is -0.570. The van der Waals surface area contributed by atoms with E-state index in [1.165, 1.54) is 19.3 Å². The molecule has 1 N–H and O–H groups in total. The molecule has 0 bridgehead atoms.